The summed E-state index contributed by atoms with van der Waals surface area (Å²) >= 11 is 0. The number of aromatic nitrogens is 1. The molecule has 0 saturated carbocycles. The van der Waals surface area contributed by atoms with Crippen molar-refractivity contribution in [2.24, 2.45) is 0 Å². The quantitative estimate of drug-likeness (QED) is 0.880. The molecule has 2 heterocycles. The van der Waals surface area contributed by atoms with E-state index in [1.807, 2.05) is 6.07 Å². The zero-order valence-electron chi connectivity index (χ0n) is 12.4. The lowest BCUT2D eigenvalue weighted by Gasteiger charge is -2.35. The zero-order chi connectivity index (χ0) is 13.7. The number of likely N-dealkylation sites (tertiary alicyclic amines) is 1. The van der Waals surface area contributed by atoms with Gasteiger partial charge in [-0.2, -0.15) is 0 Å². The highest BCUT2D eigenvalue weighted by Gasteiger charge is 2.20. The molecule has 4 nitrogen and oxygen atoms in total. The van der Waals surface area contributed by atoms with Gasteiger partial charge in [-0.1, -0.05) is 6.07 Å². The van der Waals surface area contributed by atoms with Crippen LogP contribution in [0.1, 0.15) is 25.5 Å². The van der Waals surface area contributed by atoms with Gasteiger partial charge < -0.3 is 10.2 Å². The number of hydrogen-bond acceptors (Lipinski definition) is 4. The van der Waals surface area contributed by atoms with Crippen LogP contribution in [0.2, 0.25) is 0 Å². The summed E-state index contributed by atoms with van der Waals surface area (Å²) < 4.78 is 0. The Bertz CT molecular complexity index is 383. The molecule has 2 rings (SSSR count). The minimum Gasteiger partial charge on any atom is -0.370 e. The maximum atomic E-state index is 4.65. The SMILES string of the molecule is CCNc1cccc(CN2CCC(N(C)C)CC2)n1. The monoisotopic (exact) mass is 262 g/mol. The van der Waals surface area contributed by atoms with E-state index in [4.69, 9.17) is 0 Å². The fourth-order valence-corrected chi connectivity index (χ4v) is 2.67. The Morgan fingerprint density at radius 2 is 2.05 bits per heavy atom. The lowest BCUT2D eigenvalue weighted by Crippen LogP contribution is -2.41. The number of hydrogen-bond donors (Lipinski definition) is 1. The average molecular weight is 262 g/mol. The molecule has 0 bridgehead atoms. The number of pyridine rings is 1. The first-order chi connectivity index (χ1) is 9.19. The van der Waals surface area contributed by atoms with Crippen LogP contribution in [0, 0.1) is 0 Å². The van der Waals surface area contributed by atoms with Crippen LogP contribution in [0.15, 0.2) is 18.2 Å². The molecule has 0 atom stereocenters. The first kappa shape index (κ1) is 14.3. The molecule has 1 fully saturated rings. The second-order valence-corrected chi connectivity index (χ2v) is 5.52. The van der Waals surface area contributed by atoms with Crippen molar-refractivity contribution in [1.82, 2.24) is 14.8 Å². The van der Waals surface area contributed by atoms with E-state index >= 15 is 0 Å². The Balaban J connectivity index is 1.86. The van der Waals surface area contributed by atoms with Gasteiger partial charge in [-0.3, -0.25) is 4.90 Å². The van der Waals surface area contributed by atoms with Crippen molar-refractivity contribution in [2.75, 3.05) is 39.0 Å². The molecular weight excluding hydrogens is 236 g/mol. The molecule has 0 spiro atoms. The van der Waals surface area contributed by atoms with Crippen LogP contribution in [-0.2, 0) is 6.54 Å². The molecular formula is C15H26N4. The first-order valence-corrected chi connectivity index (χ1v) is 7.27. The van der Waals surface area contributed by atoms with Crippen LogP contribution in [-0.4, -0.2) is 54.6 Å². The van der Waals surface area contributed by atoms with Gasteiger partial charge in [0, 0.05) is 32.2 Å². The van der Waals surface area contributed by atoms with Crippen LogP contribution < -0.4 is 5.32 Å². The van der Waals surface area contributed by atoms with Crippen LogP contribution in [0.25, 0.3) is 0 Å². The van der Waals surface area contributed by atoms with E-state index in [-0.39, 0.29) is 0 Å². The Kier molecular flexibility index (Phi) is 5.16. The van der Waals surface area contributed by atoms with Crippen molar-refractivity contribution in [3.05, 3.63) is 23.9 Å². The molecule has 1 aliphatic heterocycles. The highest BCUT2D eigenvalue weighted by atomic mass is 15.2. The lowest BCUT2D eigenvalue weighted by atomic mass is 10.0. The smallest absolute Gasteiger partial charge is 0.126 e. The Hall–Kier alpha value is -1.13. The molecule has 4 heteroatoms. The molecule has 1 aromatic heterocycles. The van der Waals surface area contributed by atoms with Crippen molar-refractivity contribution >= 4 is 5.82 Å². The summed E-state index contributed by atoms with van der Waals surface area (Å²) in [6, 6.07) is 6.99. The summed E-state index contributed by atoms with van der Waals surface area (Å²) in [5.74, 6) is 0.989. The van der Waals surface area contributed by atoms with Gasteiger partial charge in [0.1, 0.15) is 5.82 Å². The van der Waals surface area contributed by atoms with E-state index in [9.17, 15) is 0 Å². The third kappa shape index (κ3) is 4.18. The topological polar surface area (TPSA) is 31.4 Å². The van der Waals surface area contributed by atoms with Crippen molar-refractivity contribution < 1.29 is 0 Å². The van der Waals surface area contributed by atoms with Crippen molar-refractivity contribution in [1.29, 1.82) is 0 Å². The highest BCUT2D eigenvalue weighted by molar-refractivity contribution is 5.34. The van der Waals surface area contributed by atoms with Gasteiger partial charge in [-0.15, -0.1) is 0 Å². The van der Waals surface area contributed by atoms with Crippen LogP contribution in [0.4, 0.5) is 5.82 Å². The number of nitrogens with zero attached hydrogens (tertiary/aromatic N) is 3. The fraction of sp³-hybridized carbons (Fsp3) is 0.667. The van der Waals surface area contributed by atoms with Crippen molar-refractivity contribution in [3.63, 3.8) is 0 Å². The molecule has 0 aromatic carbocycles. The van der Waals surface area contributed by atoms with E-state index in [1.54, 1.807) is 0 Å². The Labute approximate surface area is 116 Å². The number of rotatable bonds is 5. The predicted octanol–water partition coefficient (Wildman–Crippen LogP) is 2.04. The summed E-state index contributed by atoms with van der Waals surface area (Å²) in [4.78, 5) is 9.51. The average Bonchev–Trinajstić information content (AvgIpc) is 2.40. The van der Waals surface area contributed by atoms with Gasteiger partial charge in [0.15, 0.2) is 0 Å². The fourth-order valence-electron chi connectivity index (χ4n) is 2.67. The van der Waals surface area contributed by atoms with Crippen LogP contribution >= 0.6 is 0 Å². The molecule has 1 saturated heterocycles. The molecule has 0 amide bonds. The van der Waals surface area contributed by atoms with Gasteiger partial charge >= 0.3 is 0 Å². The molecule has 0 unspecified atom stereocenters. The third-order valence-electron chi connectivity index (χ3n) is 3.84. The zero-order valence-corrected chi connectivity index (χ0v) is 12.4. The molecule has 19 heavy (non-hydrogen) atoms. The third-order valence-corrected chi connectivity index (χ3v) is 3.84. The number of anilines is 1. The minimum absolute atomic E-state index is 0.748. The van der Waals surface area contributed by atoms with Crippen molar-refractivity contribution in [3.8, 4) is 0 Å². The molecule has 106 valence electrons. The van der Waals surface area contributed by atoms with Gasteiger partial charge in [0.25, 0.3) is 0 Å². The van der Waals surface area contributed by atoms with Gasteiger partial charge in [0.05, 0.1) is 5.69 Å². The maximum absolute atomic E-state index is 4.65. The second kappa shape index (κ2) is 6.87. The normalized spacial score (nSPS) is 17.9. The van der Waals surface area contributed by atoms with E-state index < -0.39 is 0 Å². The molecule has 1 N–H and O–H groups in total. The number of piperidine rings is 1. The molecule has 1 aromatic rings. The number of nitrogens with one attached hydrogen (secondary N) is 1. The maximum Gasteiger partial charge on any atom is 0.126 e. The minimum atomic E-state index is 0.748. The summed E-state index contributed by atoms with van der Waals surface area (Å²) in [5.41, 5.74) is 1.17. The largest absolute Gasteiger partial charge is 0.370 e. The second-order valence-electron chi connectivity index (χ2n) is 5.52. The standard InChI is InChI=1S/C15H26N4/c1-4-16-15-7-5-6-13(17-15)12-19-10-8-14(9-11-19)18(2)3/h5-7,14H,4,8-12H2,1-3H3,(H,16,17). The van der Waals surface area contributed by atoms with E-state index in [0.29, 0.717) is 0 Å². The first-order valence-electron chi connectivity index (χ1n) is 7.27. The van der Waals surface area contributed by atoms with E-state index in [0.717, 1.165) is 24.9 Å². The summed E-state index contributed by atoms with van der Waals surface area (Å²) in [5, 5.41) is 3.27. The summed E-state index contributed by atoms with van der Waals surface area (Å²) in [6.07, 6.45) is 2.53. The Morgan fingerprint density at radius 3 is 2.68 bits per heavy atom. The molecule has 0 aliphatic carbocycles. The summed E-state index contributed by atoms with van der Waals surface area (Å²) in [6.45, 7) is 6.34. The van der Waals surface area contributed by atoms with Gasteiger partial charge in [0.2, 0.25) is 0 Å². The van der Waals surface area contributed by atoms with Gasteiger partial charge in [-0.05, 0) is 46.0 Å². The van der Waals surface area contributed by atoms with Gasteiger partial charge in [-0.25, -0.2) is 4.98 Å². The molecule has 1 aliphatic rings. The van der Waals surface area contributed by atoms with E-state index in [2.05, 4.69) is 53.3 Å². The molecule has 0 radical (unpaired) electrons. The Morgan fingerprint density at radius 1 is 1.32 bits per heavy atom. The summed E-state index contributed by atoms with van der Waals surface area (Å²) in [7, 11) is 4.36. The van der Waals surface area contributed by atoms with E-state index in [1.165, 1.54) is 31.6 Å². The lowest BCUT2D eigenvalue weighted by molar-refractivity contribution is 0.139. The van der Waals surface area contributed by atoms with Crippen LogP contribution in [0.3, 0.4) is 0 Å². The predicted molar refractivity (Wildman–Crippen MR) is 80.4 cm³/mol. The van der Waals surface area contributed by atoms with Crippen molar-refractivity contribution in [2.45, 2.75) is 32.4 Å². The highest BCUT2D eigenvalue weighted by Crippen LogP contribution is 2.16. The van der Waals surface area contributed by atoms with Crippen LogP contribution in [0.5, 0.6) is 0 Å².